The normalized spacial score (nSPS) is 16.7. The average Bonchev–Trinajstić information content (AvgIpc) is 2.99. The maximum absolute atomic E-state index is 12.3. The Labute approximate surface area is 194 Å². The van der Waals surface area contributed by atoms with Gasteiger partial charge in [-0.25, -0.2) is 14.5 Å². The van der Waals surface area contributed by atoms with Gasteiger partial charge in [0.05, 0.1) is 6.54 Å². The van der Waals surface area contributed by atoms with Crippen LogP contribution in [0, 0.1) is 0 Å². The molecule has 5 N–H and O–H groups in total. The number of rotatable bonds is 7. The zero-order valence-corrected chi connectivity index (χ0v) is 19.8. The third-order valence-corrected chi connectivity index (χ3v) is 5.15. The van der Waals surface area contributed by atoms with E-state index in [1.54, 1.807) is 18.6 Å². The largest absolute Gasteiger partial charge is 1.00 e. The van der Waals surface area contributed by atoms with Gasteiger partial charge >= 0.3 is 45.8 Å². The Bertz CT molecular complexity index is 923. The summed E-state index contributed by atoms with van der Waals surface area (Å²) in [4.78, 5) is 45.5. The molecule has 0 aliphatic carbocycles. The van der Waals surface area contributed by atoms with Crippen molar-refractivity contribution < 1.29 is 58.6 Å². The van der Waals surface area contributed by atoms with Crippen molar-refractivity contribution >= 4 is 50.2 Å². The van der Waals surface area contributed by atoms with Gasteiger partial charge in [0.15, 0.2) is 10.8 Å². The van der Waals surface area contributed by atoms with Crippen LogP contribution in [0.2, 0.25) is 0 Å². The molecule has 0 aromatic carbocycles. The first-order valence-electron chi connectivity index (χ1n) is 7.83. The van der Waals surface area contributed by atoms with Gasteiger partial charge in [-0.3, -0.25) is 14.5 Å². The molecule has 1 aromatic rings. The Morgan fingerprint density at radius 3 is 2.62 bits per heavy atom. The van der Waals surface area contributed by atoms with Gasteiger partial charge in [-0.15, -0.1) is 11.3 Å². The molecule has 156 valence electrons. The van der Waals surface area contributed by atoms with Gasteiger partial charge in [0, 0.05) is 11.4 Å². The number of imide groups is 1. The number of hydrogen-bond acceptors (Lipinski definition) is 10. The summed E-state index contributed by atoms with van der Waals surface area (Å²) in [7, 11) is -2.87. The Hall–Kier alpha value is -1.78. The summed E-state index contributed by atoms with van der Waals surface area (Å²) in [6.07, 6.45) is 0. The van der Waals surface area contributed by atoms with Crippen LogP contribution < -0.4 is 50.1 Å². The molecule has 1 saturated heterocycles. The van der Waals surface area contributed by atoms with E-state index in [2.05, 4.69) is 25.0 Å². The van der Waals surface area contributed by atoms with Gasteiger partial charge < -0.3 is 17.3 Å². The Morgan fingerprint density at radius 2 is 2.14 bits per heavy atom. The molecule has 1 fully saturated rings. The first-order chi connectivity index (χ1) is 13.0. The molecule has 29 heavy (non-hydrogen) atoms. The van der Waals surface area contributed by atoms with Crippen LogP contribution >= 0.6 is 11.3 Å². The van der Waals surface area contributed by atoms with Crippen molar-refractivity contribution in [1.82, 2.24) is 24.6 Å². The fraction of sp³-hybridized carbons (Fsp3) is 0.462. The van der Waals surface area contributed by atoms with E-state index in [0.29, 0.717) is 4.90 Å². The monoisotopic (exact) mass is 457 g/mol. The van der Waals surface area contributed by atoms with E-state index in [1.807, 2.05) is 0 Å². The summed E-state index contributed by atoms with van der Waals surface area (Å²) in [6, 6.07) is -2.60. The number of carbonyl (C=O) groups is 3. The van der Waals surface area contributed by atoms with E-state index >= 15 is 0 Å². The van der Waals surface area contributed by atoms with E-state index in [1.165, 1.54) is 12.5 Å². The van der Waals surface area contributed by atoms with Crippen LogP contribution in [0.4, 0.5) is 9.93 Å². The standard InChI is InChI=1S/C13H19N7O6S2.Na.H/c1-6(2)18-28(24,25)19-13(23)20-4-7(11(20)22)15-10(21)9(17-26-3)8-5-27-12(14)16-8;;/h5-7,18H,4H2,1-3H3,(H2,14,16)(H,15,21)(H,19,23);;/q;+1;-1/t7-;;/m0../s1. The molecule has 1 atom stereocenters. The number of likely N-dealkylation sites (tertiary alicyclic amines) is 1. The third-order valence-electron chi connectivity index (χ3n) is 3.25. The summed E-state index contributed by atoms with van der Waals surface area (Å²) in [5, 5.41) is 7.65. The maximum atomic E-state index is 12.3. The van der Waals surface area contributed by atoms with E-state index in [9.17, 15) is 22.8 Å². The van der Waals surface area contributed by atoms with Crippen LogP contribution in [-0.2, 0) is 24.6 Å². The number of anilines is 1. The smallest absolute Gasteiger partial charge is 1.00 e. The third kappa shape index (κ3) is 6.61. The van der Waals surface area contributed by atoms with Crippen molar-refractivity contribution in [2.24, 2.45) is 5.16 Å². The predicted molar refractivity (Wildman–Crippen MR) is 101 cm³/mol. The molecule has 1 aliphatic heterocycles. The molecule has 4 amide bonds. The van der Waals surface area contributed by atoms with Crippen LogP contribution in [0.1, 0.15) is 21.0 Å². The number of hydrogen-bond donors (Lipinski definition) is 4. The summed E-state index contributed by atoms with van der Waals surface area (Å²) >= 11 is 1.09. The second kappa shape index (κ2) is 10.3. The molecule has 13 nitrogen and oxygen atoms in total. The van der Waals surface area contributed by atoms with Crippen LogP contribution in [0.15, 0.2) is 10.5 Å². The fourth-order valence-electron chi connectivity index (χ4n) is 2.15. The number of urea groups is 1. The first-order valence-corrected chi connectivity index (χ1v) is 10.2. The second-order valence-electron chi connectivity index (χ2n) is 5.85. The molecule has 2 heterocycles. The Kier molecular flexibility index (Phi) is 8.98. The number of β-lactam (4-membered cyclic amide) rings is 1. The Morgan fingerprint density at radius 1 is 1.48 bits per heavy atom. The maximum Gasteiger partial charge on any atom is 1.00 e. The number of nitrogens with two attached hydrogens (primary N) is 1. The van der Waals surface area contributed by atoms with Crippen molar-refractivity contribution in [2.45, 2.75) is 25.9 Å². The molecular formula is C13H20N7NaO6S2. The summed E-state index contributed by atoms with van der Waals surface area (Å²) in [5.74, 6) is -1.54. The van der Waals surface area contributed by atoms with E-state index in [0.717, 1.165) is 11.3 Å². The summed E-state index contributed by atoms with van der Waals surface area (Å²) in [5.41, 5.74) is 5.49. The molecule has 1 aromatic heterocycles. The summed E-state index contributed by atoms with van der Waals surface area (Å²) < 4.78 is 27.2. The minimum absolute atomic E-state index is 0. The molecule has 0 spiro atoms. The van der Waals surface area contributed by atoms with Gasteiger partial charge in [0.25, 0.3) is 11.8 Å². The average molecular weight is 457 g/mol. The van der Waals surface area contributed by atoms with Crippen molar-refractivity contribution in [1.29, 1.82) is 0 Å². The van der Waals surface area contributed by atoms with Crippen molar-refractivity contribution in [3.05, 3.63) is 11.1 Å². The van der Waals surface area contributed by atoms with Crippen LogP contribution in [0.3, 0.4) is 0 Å². The molecule has 2 rings (SSSR count). The Balaban J connectivity index is 0.00000420. The van der Waals surface area contributed by atoms with Gasteiger partial charge in [-0.05, 0) is 13.8 Å². The molecule has 16 heteroatoms. The molecular weight excluding hydrogens is 437 g/mol. The SMILES string of the molecule is CON=C(C(=O)N[C@H]1CN(C(=O)NS(=O)(=O)NC(C)C)C1=O)c1csc(N)n1.[H-].[Na+]. The fourth-order valence-corrected chi connectivity index (χ4v) is 3.71. The van der Waals surface area contributed by atoms with Gasteiger partial charge in [-0.2, -0.15) is 13.1 Å². The van der Waals surface area contributed by atoms with Crippen LogP contribution in [-0.4, -0.2) is 67.6 Å². The molecule has 0 radical (unpaired) electrons. The number of nitrogens with one attached hydrogen (secondary N) is 3. The van der Waals surface area contributed by atoms with E-state index < -0.39 is 40.1 Å². The molecule has 1 aliphatic rings. The van der Waals surface area contributed by atoms with Crippen LogP contribution in [0.25, 0.3) is 0 Å². The minimum atomic E-state index is -4.11. The quantitative estimate of drug-likeness (QED) is 0.136. The van der Waals surface area contributed by atoms with Crippen LogP contribution in [0.5, 0.6) is 0 Å². The van der Waals surface area contributed by atoms with Gasteiger partial charge in [0.2, 0.25) is 0 Å². The van der Waals surface area contributed by atoms with Crippen molar-refractivity contribution in [2.75, 3.05) is 19.4 Å². The molecule has 0 unspecified atom stereocenters. The van der Waals surface area contributed by atoms with Gasteiger partial charge in [0.1, 0.15) is 18.8 Å². The molecule has 0 saturated carbocycles. The second-order valence-corrected chi connectivity index (χ2v) is 8.19. The summed E-state index contributed by atoms with van der Waals surface area (Å²) in [6.45, 7) is 2.92. The topological polar surface area (TPSA) is 185 Å². The number of oxime groups is 1. The number of nitrogen functional groups attached to an aromatic ring is 1. The van der Waals surface area contributed by atoms with E-state index in [4.69, 9.17) is 5.73 Å². The number of aromatic nitrogens is 1. The molecule has 0 bridgehead atoms. The zero-order valence-electron chi connectivity index (χ0n) is 17.1. The van der Waals surface area contributed by atoms with Crippen molar-refractivity contribution in [3.63, 3.8) is 0 Å². The van der Waals surface area contributed by atoms with Gasteiger partial charge in [-0.1, -0.05) is 5.16 Å². The van der Waals surface area contributed by atoms with Crippen molar-refractivity contribution in [3.8, 4) is 0 Å². The number of carbonyl (C=O) groups excluding carboxylic acids is 3. The zero-order chi connectivity index (χ0) is 21.1. The number of nitrogens with zero attached hydrogens (tertiary/aromatic N) is 3. The minimum Gasteiger partial charge on any atom is -1.00 e. The first kappa shape index (κ1) is 25.3. The predicted octanol–water partition coefficient (Wildman–Crippen LogP) is -4.53. The number of thiazole rings is 1. The number of amides is 4. The van der Waals surface area contributed by atoms with E-state index in [-0.39, 0.29) is 54.1 Å².